The second-order valence-corrected chi connectivity index (χ2v) is 6.36. The lowest BCUT2D eigenvalue weighted by molar-refractivity contribution is 0.0565. The highest BCUT2D eigenvalue weighted by molar-refractivity contribution is 5.32. The second-order valence-electron chi connectivity index (χ2n) is 6.36. The summed E-state index contributed by atoms with van der Waals surface area (Å²) in [5.41, 5.74) is 3.50. The monoisotopic (exact) mass is 261 g/mol. The zero-order chi connectivity index (χ0) is 14.0. The molecule has 0 bridgehead atoms. The average Bonchev–Trinajstić information content (AvgIpc) is 2.36. The Morgan fingerprint density at radius 1 is 1.26 bits per heavy atom. The predicted molar refractivity (Wildman–Crippen MR) is 80.3 cm³/mol. The van der Waals surface area contributed by atoms with Crippen molar-refractivity contribution >= 4 is 0 Å². The summed E-state index contributed by atoms with van der Waals surface area (Å²) in [5.74, 6) is 0.752. The maximum Gasteiger partial charge on any atom is 0.0919 e. The predicted octanol–water partition coefficient (Wildman–Crippen LogP) is 3.46. The molecule has 1 aliphatic rings. The molecule has 2 nitrogen and oxygen atoms in total. The third-order valence-electron chi connectivity index (χ3n) is 4.45. The molecule has 0 amide bonds. The molecule has 1 saturated heterocycles. The van der Waals surface area contributed by atoms with Gasteiger partial charge in [-0.25, -0.2) is 0 Å². The number of aliphatic hydroxyl groups is 1. The van der Waals surface area contributed by atoms with Crippen LogP contribution in [0.4, 0.5) is 0 Å². The Kier molecular flexibility index (Phi) is 4.64. The first kappa shape index (κ1) is 14.5. The number of aryl methyl sites for hydroxylation is 2. The number of β-amino-alcohol motifs (C(OH)–C–C–N with tert-alkyl or cyclic N) is 1. The van der Waals surface area contributed by atoms with Gasteiger partial charge in [0.1, 0.15) is 0 Å². The minimum atomic E-state index is -0.368. The van der Waals surface area contributed by atoms with E-state index < -0.39 is 0 Å². The Hall–Kier alpha value is -0.860. The quantitative estimate of drug-likeness (QED) is 0.900. The first-order valence-electron chi connectivity index (χ1n) is 7.46. The van der Waals surface area contributed by atoms with Gasteiger partial charge in [-0.2, -0.15) is 0 Å². The summed E-state index contributed by atoms with van der Waals surface area (Å²) in [6.07, 6.45) is 2.20. The first-order valence-corrected chi connectivity index (χ1v) is 7.46. The van der Waals surface area contributed by atoms with Gasteiger partial charge in [0, 0.05) is 19.1 Å². The zero-order valence-electron chi connectivity index (χ0n) is 12.7. The Labute approximate surface area is 117 Å². The Morgan fingerprint density at radius 3 is 2.74 bits per heavy atom. The largest absolute Gasteiger partial charge is 0.387 e. The summed E-state index contributed by atoms with van der Waals surface area (Å²) in [5, 5.41) is 10.5. The molecular weight excluding hydrogens is 234 g/mol. The molecule has 1 aromatic carbocycles. The highest BCUT2D eigenvalue weighted by atomic mass is 16.3. The Balaban J connectivity index is 2.07. The summed E-state index contributed by atoms with van der Waals surface area (Å²) in [7, 11) is 0. The van der Waals surface area contributed by atoms with E-state index in [1.165, 1.54) is 24.0 Å². The summed E-state index contributed by atoms with van der Waals surface area (Å²) in [6, 6.07) is 6.93. The molecule has 2 rings (SSSR count). The van der Waals surface area contributed by atoms with Crippen LogP contribution in [0.1, 0.15) is 49.5 Å². The SMILES string of the molecule is Cc1ccc(C)c(C(O)CN2CC(C)CCC2C)c1. The van der Waals surface area contributed by atoms with Gasteiger partial charge in [0.15, 0.2) is 0 Å². The van der Waals surface area contributed by atoms with Crippen molar-refractivity contribution in [1.29, 1.82) is 0 Å². The number of hydrogen-bond acceptors (Lipinski definition) is 2. The topological polar surface area (TPSA) is 23.5 Å². The van der Waals surface area contributed by atoms with Crippen LogP contribution in [0.3, 0.4) is 0 Å². The molecule has 106 valence electrons. The normalized spacial score (nSPS) is 26.4. The van der Waals surface area contributed by atoms with E-state index in [1.807, 2.05) is 0 Å². The van der Waals surface area contributed by atoms with Crippen LogP contribution in [-0.4, -0.2) is 29.1 Å². The van der Waals surface area contributed by atoms with E-state index in [4.69, 9.17) is 0 Å². The fraction of sp³-hybridized carbons (Fsp3) is 0.647. The lowest BCUT2D eigenvalue weighted by atomic mass is 9.93. The molecule has 0 saturated carbocycles. The Morgan fingerprint density at radius 2 is 2.00 bits per heavy atom. The van der Waals surface area contributed by atoms with Crippen molar-refractivity contribution < 1.29 is 5.11 Å². The van der Waals surface area contributed by atoms with Crippen LogP contribution in [-0.2, 0) is 0 Å². The third-order valence-corrected chi connectivity index (χ3v) is 4.45. The molecule has 19 heavy (non-hydrogen) atoms. The maximum absolute atomic E-state index is 10.5. The van der Waals surface area contributed by atoms with Crippen molar-refractivity contribution in [3.63, 3.8) is 0 Å². The molecule has 0 spiro atoms. The zero-order valence-corrected chi connectivity index (χ0v) is 12.7. The van der Waals surface area contributed by atoms with Crippen LogP contribution in [0.15, 0.2) is 18.2 Å². The molecule has 0 aliphatic carbocycles. The van der Waals surface area contributed by atoms with Gasteiger partial charge in [0.25, 0.3) is 0 Å². The van der Waals surface area contributed by atoms with E-state index in [0.29, 0.717) is 6.04 Å². The van der Waals surface area contributed by atoms with Gasteiger partial charge in [-0.1, -0.05) is 30.7 Å². The number of aliphatic hydroxyl groups excluding tert-OH is 1. The van der Waals surface area contributed by atoms with Gasteiger partial charge < -0.3 is 5.11 Å². The van der Waals surface area contributed by atoms with Gasteiger partial charge in [0.05, 0.1) is 6.10 Å². The van der Waals surface area contributed by atoms with Gasteiger partial charge in [-0.15, -0.1) is 0 Å². The molecule has 0 aromatic heterocycles. The number of hydrogen-bond donors (Lipinski definition) is 1. The van der Waals surface area contributed by atoms with Crippen LogP contribution in [0.5, 0.6) is 0 Å². The van der Waals surface area contributed by atoms with Crippen molar-refractivity contribution in [2.45, 2.75) is 52.7 Å². The van der Waals surface area contributed by atoms with Crippen LogP contribution >= 0.6 is 0 Å². The lowest BCUT2D eigenvalue weighted by Gasteiger charge is -2.38. The third kappa shape index (κ3) is 3.58. The van der Waals surface area contributed by atoms with Crippen LogP contribution in [0.25, 0.3) is 0 Å². The van der Waals surface area contributed by atoms with Crippen molar-refractivity contribution in [3.05, 3.63) is 34.9 Å². The van der Waals surface area contributed by atoms with Crippen molar-refractivity contribution in [2.24, 2.45) is 5.92 Å². The molecule has 1 fully saturated rings. The van der Waals surface area contributed by atoms with Gasteiger partial charge in [0.2, 0.25) is 0 Å². The molecule has 0 radical (unpaired) electrons. The van der Waals surface area contributed by atoms with Crippen LogP contribution < -0.4 is 0 Å². The molecule has 3 unspecified atom stereocenters. The van der Waals surface area contributed by atoms with E-state index in [9.17, 15) is 5.11 Å². The second kappa shape index (κ2) is 6.06. The highest BCUT2D eigenvalue weighted by Gasteiger charge is 2.25. The molecule has 1 N–H and O–H groups in total. The molecule has 2 heteroatoms. The standard InChI is InChI=1S/C17H27NO/c1-12-5-7-14(3)16(9-12)17(19)11-18-10-13(2)6-8-15(18)4/h5,7,9,13,15,17,19H,6,8,10-11H2,1-4H3. The summed E-state index contributed by atoms with van der Waals surface area (Å²) in [4.78, 5) is 2.45. The average molecular weight is 261 g/mol. The van der Waals surface area contributed by atoms with E-state index in [-0.39, 0.29) is 6.10 Å². The minimum Gasteiger partial charge on any atom is -0.387 e. The summed E-state index contributed by atoms with van der Waals surface area (Å²) in [6.45, 7) is 10.6. The highest BCUT2D eigenvalue weighted by Crippen LogP contribution is 2.26. The maximum atomic E-state index is 10.5. The minimum absolute atomic E-state index is 0.368. The smallest absolute Gasteiger partial charge is 0.0919 e. The number of piperidine rings is 1. The fourth-order valence-corrected chi connectivity index (χ4v) is 3.07. The van der Waals surface area contributed by atoms with E-state index in [1.54, 1.807) is 0 Å². The molecule has 3 atom stereocenters. The number of benzene rings is 1. The number of nitrogens with zero attached hydrogens (tertiary/aromatic N) is 1. The van der Waals surface area contributed by atoms with Crippen molar-refractivity contribution in [2.75, 3.05) is 13.1 Å². The van der Waals surface area contributed by atoms with E-state index >= 15 is 0 Å². The van der Waals surface area contributed by atoms with Gasteiger partial charge in [-0.05, 0) is 50.7 Å². The van der Waals surface area contributed by atoms with E-state index in [0.717, 1.165) is 24.6 Å². The van der Waals surface area contributed by atoms with Crippen LogP contribution in [0, 0.1) is 19.8 Å². The fourth-order valence-electron chi connectivity index (χ4n) is 3.07. The van der Waals surface area contributed by atoms with Gasteiger partial charge in [-0.3, -0.25) is 4.90 Å². The number of likely N-dealkylation sites (tertiary alicyclic amines) is 1. The molecule has 1 heterocycles. The van der Waals surface area contributed by atoms with Crippen molar-refractivity contribution in [3.8, 4) is 0 Å². The molecular formula is C17H27NO. The van der Waals surface area contributed by atoms with Gasteiger partial charge >= 0.3 is 0 Å². The van der Waals surface area contributed by atoms with Crippen molar-refractivity contribution in [1.82, 2.24) is 4.90 Å². The first-order chi connectivity index (χ1) is 8.97. The Bertz CT molecular complexity index is 429. The van der Waals surface area contributed by atoms with E-state index in [2.05, 4.69) is 50.8 Å². The number of rotatable bonds is 3. The summed E-state index contributed by atoms with van der Waals surface area (Å²) >= 11 is 0. The summed E-state index contributed by atoms with van der Waals surface area (Å²) < 4.78 is 0. The lowest BCUT2D eigenvalue weighted by Crippen LogP contribution is -2.43. The molecule has 1 aromatic rings. The van der Waals surface area contributed by atoms with Crippen LogP contribution in [0.2, 0.25) is 0 Å². The molecule has 1 aliphatic heterocycles.